The molecule has 0 bridgehead atoms. The van der Waals surface area contributed by atoms with Gasteiger partial charge in [0.15, 0.2) is 0 Å². The summed E-state index contributed by atoms with van der Waals surface area (Å²) in [7, 11) is 0. The normalized spacial score (nSPS) is 10.8. The molecule has 1 aromatic carbocycles. The van der Waals surface area contributed by atoms with Crippen molar-refractivity contribution in [1.82, 2.24) is 4.90 Å². The van der Waals surface area contributed by atoms with Crippen molar-refractivity contribution >= 4 is 5.97 Å². The van der Waals surface area contributed by atoms with Crippen LogP contribution in [0, 0.1) is 5.82 Å². The van der Waals surface area contributed by atoms with Gasteiger partial charge in [-0.3, -0.25) is 9.69 Å². The lowest BCUT2D eigenvalue weighted by molar-refractivity contribution is -0.137. The van der Waals surface area contributed by atoms with E-state index in [-0.39, 0.29) is 18.8 Å². The molecule has 0 aliphatic heterocycles. The van der Waals surface area contributed by atoms with Crippen LogP contribution < -0.4 is 0 Å². The molecule has 0 radical (unpaired) electrons. The summed E-state index contributed by atoms with van der Waals surface area (Å²) >= 11 is 0. The maximum atomic E-state index is 12.8. The Kier molecular flexibility index (Phi) is 6.32. The first-order valence-corrected chi connectivity index (χ1v) is 5.91. The number of halogens is 1. The molecule has 0 aliphatic carbocycles. The van der Waals surface area contributed by atoms with E-state index in [4.69, 9.17) is 10.2 Å². The molecule has 0 aliphatic rings. The Morgan fingerprint density at radius 3 is 2.44 bits per heavy atom. The van der Waals surface area contributed by atoms with Crippen LogP contribution in [0.15, 0.2) is 24.3 Å². The van der Waals surface area contributed by atoms with Gasteiger partial charge >= 0.3 is 5.97 Å². The number of benzene rings is 1. The lowest BCUT2D eigenvalue weighted by Crippen LogP contribution is -2.27. The second-order valence-corrected chi connectivity index (χ2v) is 4.12. The first-order chi connectivity index (χ1) is 8.61. The number of carboxylic acid groups (broad SMARTS) is 1. The van der Waals surface area contributed by atoms with Crippen LogP contribution in [-0.4, -0.2) is 40.8 Å². The molecule has 0 unspecified atom stereocenters. The Balaban J connectivity index is 2.53. The smallest absolute Gasteiger partial charge is 0.304 e. The van der Waals surface area contributed by atoms with Crippen molar-refractivity contribution < 1.29 is 19.4 Å². The third-order valence-electron chi connectivity index (χ3n) is 2.59. The maximum absolute atomic E-state index is 12.8. The number of carbonyl (C=O) groups is 1. The van der Waals surface area contributed by atoms with E-state index in [0.717, 1.165) is 5.56 Å². The van der Waals surface area contributed by atoms with Crippen LogP contribution in [0.2, 0.25) is 0 Å². The number of nitrogens with zero attached hydrogens (tertiary/aromatic N) is 1. The van der Waals surface area contributed by atoms with Gasteiger partial charge in [-0.2, -0.15) is 0 Å². The highest BCUT2D eigenvalue weighted by Gasteiger charge is 2.08. The van der Waals surface area contributed by atoms with Gasteiger partial charge in [0.1, 0.15) is 5.82 Å². The zero-order valence-electron chi connectivity index (χ0n) is 10.2. The molecule has 5 heteroatoms. The highest BCUT2D eigenvalue weighted by atomic mass is 19.1. The molecule has 0 amide bonds. The third kappa shape index (κ3) is 5.75. The van der Waals surface area contributed by atoms with Crippen LogP contribution in [0.5, 0.6) is 0 Å². The van der Waals surface area contributed by atoms with Crippen molar-refractivity contribution in [3.8, 4) is 0 Å². The number of carboxylic acids is 1. The van der Waals surface area contributed by atoms with E-state index in [1.165, 1.54) is 12.1 Å². The Bertz CT molecular complexity index is 367. The van der Waals surface area contributed by atoms with Gasteiger partial charge in [-0.15, -0.1) is 0 Å². The van der Waals surface area contributed by atoms with E-state index in [0.29, 0.717) is 26.1 Å². The standard InChI is InChI=1S/C13H18FNO3/c14-12-4-2-11(3-5-12)10-15(7-1-9-16)8-6-13(17)18/h2-5,16H,1,6-10H2,(H,17,18). The van der Waals surface area contributed by atoms with E-state index in [9.17, 15) is 9.18 Å². The molecule has 100 valence electrons. The largest absolute Gasteiger partial charge is 0.481 e. The van der Waals surface area contributed by atoms with Gasteiger partial charge in [-0.25, -0.2) is 4.39 Å². The van der Waals surface area contributed by atoms with E-state index in [1.807, 2.05) is 4.90 Å². The quantitative estimate of drug-likeness (QED) is 0.738. The first kappa shape index (κ1) is 14.6. The van der Waals surface area contributed by atoms with Crippen LogP contribution in [0.25, 0.3) is 0 Å². The highest BCUT2D eigenvalue weighted by molar-refractivity contribution is 5.66. The Morgan fingerprint density at radius 1 is 1.22 bits per heavy atom. The average Bonchev–Trinajstić information content (AvgIpc) is 2.35. The summed E-state index contributed by atoms with van der Waals surface area (Å²) in [6.07, 6.45) is 0.660. The van der Waals surface area contributed by atoms with Crippen molar-refractivity contribution in [3.05, 3.63) is 35.6 Å². The number of rotatable bonds is 8. The Labute approximate surface area is 106 Å². The van der Waals surface area contributed by atoms with Gasteiger partial charge in [0.05, 0.1) is 6.42 Å². The van der Waals surface area contributed by atoms with Crippen molar-refractivity contribution in [1.29, 1.82) is 0 Å². The Hall–Kier alpha value is -1.46. The summed E-state index contributed by atoms with van der Waals surface area (Å²) in [6, 6.07) is 6.14. The summed E-state index contributed by atoms with van der Waals surface area (Å²) < 4.78 is 12.8. The van der Waals surface area contributed by atoms with E-state index < -0.39 is 5.97 Å². The number of aliphatic hydroxyl groups is 1. The van der Waals surface area contributed by atoms with Gasteiger partial charge in [-0.1, -0.05) is 12.1 Å². The minimum absolute atomic E-state index is 0.0621. The summed E-state index contributed by atoms with van der Waals surface area (Å²) in [6.45, 7) is 1.69. The van der Waals surface area contributed by atoms with Gasteiger partial charge in [0.2, 0.25) is 0 Å². The lowest BCUT2D eigenvalue weighted by atomic mass is 10.2. The van der Waals surface area contributed by atoms with Crippen molar-refractivity contribution in [2.45, 2.75) is 19.4 Å². The number of hydrogen-bond donors (Lipinski definition) is 2. The predicted octanol–water partition coefficient (Wildman–Crippen LogP) is 1.48. The average molecular weight is 255 g/mol. The van der Waals surface area contributed by atoms with Crippen LogP contribution in [0.1, 0.15) is 18.4 Å². The van der Waals surface area contributed by atoms with Crippen LogP contribution >= 0.6 is 0 Å². The molecule has 0 heterocycles. The molecular weight excluding hydrogens is 237 g/mol. The lowest BCUT2D eigenvalue weighted by Gasteiger charge is -2.21. The summed E-state index contributed by atoms with van der Waals surface area (Å²) in [5.41, 5.74) is 0.930. The van der Waals surface area contributed by atoms with Crippen molar-refractivity contribution in [2.75, 3.05) is 19.7 Å². The van der Waals surface area contributed by atoms with Crippen molar-refractivity contribution in [2.24, 2.45) is 0 Å². The molecular formula is C13H18FNO3. The molecule has 0 atom stereocenters. The molecule has 4 nitrogen and oxygen atoms in total. The second kappa shape index (κ2) is 7.79. The number of aliphatic hydroxyl groups excluding tert-OH is 1. The van der Waals surface area contributed by atoms with Crippen LogP contribution in [-0.2, 0) is 11.3 Å². The monoisotopic (exact) mass is 255 g/mol. The maximum Gasteiger partial charge on any atom is 0.304 e. The van der Waals surface area contributed by atoms with Crippen molar-refractivity contribution in [3.63, 3.8) is 0 Å². The van der Waals surface area contributed by atoms with Crippen LogP contribution in [0.3, 0.4) is 0 Å². The Morgan fingerprint density at radius 2 is 1.89 bits per heavy atom. The van der Waals surface area contributed by atoms with E-state index >= 15 is 0 Å². The number of aliphatic carboxylic acids is 1. The fourth-order valence-corrected chi connectivity index (χ4v) is 1.67. The van der Waals surface area contributed by atoms with E-state index in [2.05, 4.69) is 0 Å². The fraction of sp³-hybridized carbons (Fsp3) is 0.462. The van der Waals surface area contributed by atoms with E-state index in [1.54, 1.807) is 12.1 Å². The second-order valence-electron chi connectivity index (χ2n) is 4.12. The first-order valence-electron chi connectivity index (χ1n) is 5.91. The molecule has 2 N–H and O–H groups in total. The van der Waals surface area contributed by atoms with Gasteiger partial charge in [0, 0.05) is 26.2 Å². The molecule has 0 saturated carbocycles. The zero-order chi connectivity index (χ0) is 13.4. The minimum Gasteiger partial charge on any atom is -0.481 e. The molecule has 1 aromatic rings. The molecule has 18 heavy (non-hydrogen) atoms. The predicted molar refractivity (Wildman–Crippen MR) is 65.6 cm³/mol. The topological polar surface area (TPSA) is 60.8 Å². The molecule has 1 rings (SSSR count). The fourth-order valence-electron chi connectivity index (χ4n) is 1.67. The van der Waals surface area contributed by atoms with Gasteiger partial charge < -0.3 is 10.2 Å². The molecule has 0 fully saturated rings. The molecule has 0 spiro atoms. The SMILES string of the molecule is O=C(O)CCN(CCCO)Cc1ccc(F)cc1. The molecule has 0 saturated heterocycles. The highest BCUT2D eigenvalue weighted by Crippen LogP contribution is 2.07. The summed E-state index contributed by atoms with van der Waals surface area (Å²) in [4.78, 5) is 12.5. The zero-order valence-corrected chi connectivity index (χ0v) is 10.2. The summed E-state index contributed by atoms with van der Waals surface area (Å²) in [5.74, 6) is -1.13. The van der Waals surface area contributed by atoms with Crippen LogP contribution in [0.4, 0.5) is 4.39 Å². The van der Waals surface area contributed by atoms with Gasteiger partial charge in [-0.05, 0) is 24.1 Å². The van der Waals surface area contributed by atoms with Gasteiger partial charge in [0.25, 0.3) is 0 Å². The summed E-state index contributed by atoms with van der Waals surface area (Å²) in [5, 5.41) is 17.5. The minimum atomic E-state index is -0.844. The third-order valence-corrected chi connectivity index (χ3v) is 2.59. The molecule has 0 aromatic heterocycles. The number of hydrogen-bond acceptors (Lipinski definition) is 3.